The summed E-state index contributed by atoms with van der Waals surface area (Å²) in [4.78, 5) is 0. The van der Waals surface area contributed by atoms with Gasteiger partial charge in [0.25, 0.3) is 0 Å². The third-order valence-corrected chi connectivity index (χ3v) is 3.31. The van der Waals surface area contributed by atoms with Crippen molar-refractivity contribution in [1.29, 1.82) is 0 Å². The molecule has 0 bridgehead atoms. The van der Waals surface area contributed by atoms with Gasteiger partial charge in [0.2, 0.25) is 0 Å². The zero-order valence-electron chi connectivity index (χ0n) is 10.2. The number of hydrogen-bond donors (Lipinski definition) is 1. The van der Waals surface area contributed by atoms with Crippen LogP contribution in [-0.2, 0) is 4.74 Å². The summed E-state index contributed by atoms with van der Waals surface area (Å²) in [5.74, 6) is 0.873. The van der Waals surface area contributed by atoms with Gasteiger partial charge >= 0.3 is 0 Å². The normalized spacial score (nSPS) is 24.8. The molecule has 2 nitrogen and oxygen atoms in total. The van der Waals surface area contributed by atoms with Gasteiger partial charge in [0.05, 0.1) is 0 Å². The quantitative estimate of drug-likeness (QED) is 0.537. The van der Waals surface area contributed by atoms with Crippen LogP contribution in [0.2, 0.25) is 0 Å². The zero-order valence-corrected chi connectivity index (χ0v) is 10.2. The number of rotatable bonds is 6. The molecular weight excluding hydrogens is 186 g/mol. The Bertz CT molecular complexity index is 189. The summed E-state index contributed by atoms with van der Waals surface area (Å²) in [5.41, 5.74) is 0.558. The van der Waals surface area contributed by atoms with Crippen LogP contribution in [0.5, 0.6) is 0 Å². The molecule has 0 aromatic carbocycles. The van der Waals surface area contributed by atoms with Crippen LogP contribution in [0.15, 0.2) is 12.8 Å². The number of hydrogen-bond acceptors (Lipinski definition) is 2. The third kappa shape index (κ3) is 5.22. The predicted molar refractivity (Wildman–Crippen MR) is 64.5 cm³/mol. The van der Waals surface area contributed by atoms with Gasteiger partial charge in [-0.25, -0.2) is 0 Å². The minimum atomic E-state index is 0.558. The molecule has 88 valence electrons. The van der Waals surface area contributed by atoms with Gasteiger partial charge < -0.3 is 10.1 Å². The van der Waals surface area contributed by atoms with Crippen LogP contribution in [0, 0.1) is 11.3 Å². The van der Waals surface area contributed by atoms with E-state index < -0.39 is 0 Å². The van der Waals surface area contributed by atoms with Crippen LogP contribution in [0.3, 0.4) is 0 Å². The molecule has 1 atom stereocenters. The van der Waals surface area contributed by atoms with Crippen molar-refractivity contribution >= 4 is 0 Å². The topological polar surface area (TPSA) is 21.3 Å². The monoisotopic (exact) mass is 211 g/mol. The summed E-state index contributed by atoms with van der Waals surface area (Å²) in [7, 11) is 0. The Balaban J connectivity index is 2.08. The maximum absolute atomic E-state index is 5.46. The largest absolute Gasteiger partial charge is 0.369 e. The number of ether oxygens (including phenoxy) is 1. The Morgan fingerprint density at radius 3 is 3.00 bits per heavy atom. The van der Waals surface area contributed by atoms with E-state index in [0.29, 0.717) is 12.1 Å². The Hall–Kier alpha value is -0.500. The summed E-state index contributed by atoms with van der Waals surface area (Å²) in [6.07, 6.45) is 8.42. The first-order valence-electron chi connectivity index (χ1n) is 6.06. The smallest absolute Gasteiger partial charge is 0.116 e. The van der Waals surface area contributed by atoms with E-state index in [4.69, 9.17) is 4.74 Å². The molecule has 1 aliphatic rings. The molecule has 0 aromatic heterocycles. The Morgan fingerprint density at radius 1 is 1.53 bits per heavy atom. The van der Waals surface area contributed by atoms with Gasteiger partial charge in [-0.15, -0.1) is 0 Å². The van der Waals surface area contributed by atoms with Crippen molar-refractivity contribution in [2.75, 3.05) is 13.3 Å². The second kappa shape index (κ2) is 6.16. The molecular formula is C13H25NO. The van der Waals surface area contributed by atoms with E-state index in [1.165, 1.54) is 32.1 Å². The predicted octanol–water partition coefficient (Wildman–Crippen LogP) is 3.30. The molecule has 15 heavy (non-hydrogen) atoms. The fourth-order valence-corrected chi connectivity index (χ4v) is 2.54. The van der Waals surface area contributed by atoms with Crippen molar-refractivity contribution in [1.82, 2.24) is 5.32 Å². The standard InChI is InChI=1S/C13H25NO/c1-4-14-11-15-9-7-12-6-5-8-13(2,3)10-12/h4,12,14H,1,5-11H2,2-3H3. The fourth-order valence-electron chi connectivity index (χ4n) is 2.54. The highest BCUT2D eigenvalue weighted by Gasteiger charge is 2.27. The van der Waals surface area contributed by atoms with Crippen molar-refractivity contribution in [2.24, 2.45) is 11.3 Å². The lowest BCUT2D eigenvalue weighted by Crippen LogP contribution is -2.24. The molecule has 1 fully saturated rings. The number of nitrogens with one attached hydrogen (secondary N) is 1. The fraction of sp³-hybridized carbons (Fsp3) is 0.846. The van der Waals surface area contributed by atoms with Crippen LogP contribution >= 0.6 is 0 Å². The molecule has 0 heterocycles. The molecule has 1 saturated carbocycles. The molecule has 1 unspecified atom stereocenters. The molecule has 1 N–H and O–H groups in total. The van der Waals surface area contributed by atoms with Crippen LogP contribution in [0.4, 0.5) is 0 Å². The van der Waals surface area contributed by atoms with Crippen LogP contribution in [-0.4, -0.2) is 13.3 Å². The third-order valence-electron chi connectivity index (χ3n) is 3.31. The summed E-state index contributed by atoms with van der Waals surface area (Å²) < 4.78 is 5.46. The van der Waals surface area contributed by atoms with Crippen LogP contribution in [0.25, 0.3) is 0 Å². The second-order valence-electron chi connectivity index (χ2n) is 5.38. The first-order chi connectivity index (χ1) is 7.14. The molecule has 0 saturated heterocycles. The SMILES string of the molecule is C=CNCOCCC1CCCC(C)(C)C1. The van der Waals surface area contributed by atoms with Gasteiger partial charge in [0.1, 0.15) is 6.73 Å². The summed E-state index contributed by atoms with van der Waals surface area (Å²) in [5, 5.41) is 2.94. The Morgan fingerprint density at radius 2 is 2.33 bits per heavy atom. The lowest BCUT2D eigenvalue weighted by Gasteiger charge is -2.35. The van der Waals surface area contributed by atoms with Gasteiger partial charge in [-0.2, -0.15) is 0 Å². The molecule has 1 rings (SSSR count). The van der Waals surface area contributed by atoms with E-state index in [1.54, 1.807) is 6.20 Å². The van der Waals surface area contributed by atoms with Crippen molar-refractivity contribution in [2.45, 2.75) is 46.0 Å². The average Bonchev–Trinajstić information content (AvgIpc) is 2.16. The lowest BCUT2D eigenvalue weighted by molar-refractivity contribution is 0.0899. The van der Waals surface area contributed by atoms with Gasteiger partial charge in [0.15, 0.2) is 0 Å². The molecule has 2 heteroatoms. The zero-order chi connectivity index (χ0) is 11.1. The minimum Gasteiger partial charge on any atom is -0.369 e. The Kier molecular flexibility index (Phi) is 5.16. The molecule has 0 aliphatic heterocycles. The van der Waals surface area contributed by atoms with E-state index in [-0.39, 0.29) is 0 Å². The van der Waals surface area contributed by atoms with Crippen molar-refractivity contribution in [3.8, 4) is 0 Å². The van der Waals surface area contributed by atoms with E-state index in [1.807, 2.05) is 0 Å². The van der Waals surface area contributed by atoms with Gasteiger partial charge in [-0.05, 0) is 36.8 Å². The van der Waals surface area contributed by atoms with Gasteiger partial charge in [-0.1, -0.05) is 33.3 Å². The molecule has 0 aromatic rings. The second-order valence-corrected chi connectivity index (χ2v) is 5.38. The average molecular weight is 211 g/mol. The van der Waals surface area contributed by atoms with Crippen molar-refractivity contribution in [3.63, 3.8) is 0 Å². The van der Waals surface area contributed by atoms with E-state index in [2.05, 4.69) is 25.7 Å². The molecule has 0 radical (unpaired) electrons. The van der Waals surface area contributed by atoms with Gasteiger partial charge in [-0.3, -0.25) is 0 Å². The summed E-state index contributed by atoms with van der Waals surface area (Å²) >= 11 is 0. The van der Waals surface area contributed by atoms with E-state index in [9.17, 15) is 0 Å². The molecule has 1 aliphatic carbocycles. The maximum Gasteiger partial charge on any atom is 0.116 e. The van der Waals surface area contributed by atoms with Crippen LogP contribution in [0.1, 0.15) is 46.0 Å². The van der Waals surface area contributed by atoms with E-state index in [0.717, 1.165) is 12.5 Å². The highest BCUT2D eigenvalue weighted by molar-refractivity contribution is 4.79. The molecule has 0 amide bonds. The Labute approximate surface area is 94.1 Å². The van der Waals surface area contributed by atoms with E-state index >= 15 is 0 Å². The van der Waals surface area contributed by atoms with Crippen LogP contribution < -0.4 is 5.32 Å². The van der Waals surface area contributed by atoms with Crippen molar-refractivity contribution < 1.29 is 4.74 Å². The first-order valence-corrected chi connectivity index (χ1v) is 6.06. The summed E-state index contributed by atoms with van der Waals surface area (Å²) in [6, 6.07) is 0. The minimum absolute atomic E-state index is 0.558. The molecule has 0 spiro atoms. The summed E-state index contributed by atoms with van der Waals surface area (Å²) in [6.45, 7) is 9.83. The van der Waals surface area contributed by atoms with Gasteiger partial charge in [0, 0.05) is 6.61 Å². The van der Waals surface area contributed by atoms with Crippen molar-refractivity contribution in [3.05, 3.63) is 12.8 Å². The first kappa shape index (κ1) is 12.6. The maximum atomic E-state index is 5.46. The highest BCUT2D eigenvalue weighted by Crippen LogP contribution is 2.39. The highest BCUT2D eigenvalue weighted by atomic mass is 16.5. The lowest BCUT2D eigenvalue weighted by atomic mass is 9.71.